The molecule has 0 bridgehead atoms. The van der Waals surface area contributed by atoms with Gasteiger partial charge in [0.05, 0.1) is 12.7 Å². The maximum Gasteiger partial charge on any atom is 0.340 e. The number of nitrogen functional groups attached to an aromatic ring is 1. The Morgan fingerprint density at radius 2 is 2.17 bits per heavy atom. The molecule has 0 heterocycles. The monoisotopic (exact) mass is 243 g/mol. The number of allylic oxidation sites excluding steroid dienone is 4. The third-order valence-corrected chi connectivity index (χ3v) is 3.35. The van der Waals surface area contributed by atoms with Crippen LogP contribution in [0.5, 0.6) is 0 Å². The Labute approximate surface area is 107 Å². The van der Waals surface area contributed by atoms with Crippen LogP contribution < -0.4 is 5.73 Å². The molecule has 0 amide bonds. The van der Waals surface area contributed by atoms with Gasteiger partial charge < -0.3 is 10.5 Å². The molecule has 18 heavy (non-hydrogen) atoms. The van der Waals surface area contributed by atoms with Crippen LogP contribution in [0.4, 0.5) is 5.69 Å². The fourth-order valence-electron chi connectivity index (χ4n) is 2.30. The van der Waals surface area contributed by atoms with E-state index in [2.05, 4.69) is 19.1 Å². The summed E-state index contributed by atoms with van der Waals surface area (Å²) in [6.45, 7) is 2.09. The van der Waals surface area contributed by atoms with Crippen molar-refractivity contribution in [3.8, 4) is 0 Å². The molecule has 3 nitrogen and oxygen atoms in total. The Kier molecular flexibility index (Phi) is 3.24. The van der Waals surface area contributed by atoms with E-state index >= 15 is 0 Å². The predicted molar refractivity (Wildman–Crippen MR) is 72.4 cm³/mol. The van der Waals surface area contributed by atoms with Gasteiger partial charge in [-0.15, -0.1) is 0 Å². The lowest BCUT2D eigenvalue weighted by atomic mass is 9.75. The van der Waals surface area contributed by atoms with Crippen molar-refractivity contribution in [2.24, 2.45) is 0 Å². The third kappa shape index (κ3) is 2.04. The number of hydrogen-bond acceptors (Lipinski definition) is 3. The van der Waals surface area contributed by atoms with Gasteiger partial charge in [-0.3, -0.25) is 0 Å². The summed E-state index contributed by atoms with van der Waals surface area (Å²) in [6, 6.07) is 5.53. The van der Waals surface area contributed by atoms with Crippen LogP contribution >= 0.6 is 0 Å². The van der Waals surface area contributed by atoms with E-state index in [1.54, 1.807) is 6.07 Å². The minimum Gasteiger partial charge on any atom is -0.465 e. The lowest BCUT2D eigenvalue weighted by molar-refractivity contribution is 0.0599. The molecule has 0 fully saturated rings. The fourth-order valence-corrected chi connectivity index (χ4v) is 2.30. The molecule has 1 atom stereocenters. The zero-order valence-corrected chi connectivity index (χ0v) is 10.6. The summed E-state index contributed by atoms with van der Waals surface area (Å²) in [7, 11) is 1.37. The number of esters is 1. The number of nitrogens with two attached hydrogens (primary N) is 1. The molecular formula is C15H17NO2. The van der Waals surface area contributed by atoms with Gasteiger partial charge >= 0.3 is 5.97 Å². The predicted octanol–water partition coefficient (Wildman–Crippen LogP) is 2.83. The minimum atomic E-state index is -0.382. The van der Waals surface area contributed by atoms with E-state index in [1.165, 1.54) is 7.11 Å². The highest BCUT2D eigenvalue weighted by Crippen LogP contribution is 2.36. The standard InChI is InChI=1S/C15H17NO2/c1-15(9-4-3-5-10-15)11-7-6-8-12(16)13(11)14(17)18-2/h3-9H,10,16H2,1-2H3. The van der Waals surface area contributed by atoms with E-state index in [1.807, 2.05) is 24.3 Å². The molecule has 3 heteroatoms. The van der Waals surface area contributed by atoms with Crippen LogP contribution in [0.25, 0.3) is 0 Å². The molecule has 1 aromatic carbocycles. The molecule has 1 unspecified atom stereocenters. The van der Waals surface area contributed by atoms with Crippen molar-refractivity contribution < 1.29 is 9.53 Å². The number of anilines is 1. The fraction of sp³-hybridized carbons (Fsp3) is 0.267. The average molecular weight is 243 g/mol. The number of methoxy groups -OCH3 is 1. The smallest absolute Gasteiger partial charge is 0.340 e. The molecule has 0 aliphatic heterocycles. The highest BCUT2D eigenvalue weighted by atomic mass is 16.5. The van der Waals surface area contributed by atoms with Crippen molar-refractivity contribution in [1.29, 1.82) is 0 Å². The topological polar surface area (TPSA) is 52.3 Å². The van der Waals surface area contributed by atoms with Gasteiger partial charge in [0, 0.05) is 11.1 Å². The van der Waals surface area contributed by atoms with E-state index < -0.39 is 0 Å². The van der Waals surface area contributed by atoms with E-state index in [9.17, 15) is 4.79 Å². The van der Waals surface area contributed by atoms with Crippen molar-refractivity contribution in [2.75, 3.05) is 12.8 Å². The zero-order chi connectivity index (χ0) is 13.2. The van der Waals surface area contributed by atoms with Crippen molar-refractivity contribution in [2.45, 2.75) is 18.8 Å². The number of rotatable bonds is 2. The van der Waals surface area contributed by atoms with Gasteiger partial charge in [0.1, 0.15) is 0 Å². The number of ether oxygens (including phenoxy) is 1. The summed E-state index contributed by atoms with van der Waals surface area (Å²) in [4.78, 5) is 11.9. The highest BCUT2D eigenvalue weighted by Gasteiger charge is 2.29. The number of hydrogen-bond donors (Lipinski definition) is 1. The Morgan fingerprint density at radius 1 is 1.39 bits per heavy atom. The van der Waals surface area contributed by atoms with Gasteiger partial charge in [-0.05, 0) is 18.1 Å². The molecule has 0 radical (unpaired) electrons. The minimum absolute atomic E-state index is 0.215. The SMILES string of the molecule is COC(=O)c1c(N)cccc1C1(C)C=CC=CC1. The molecule has 0 saturated heterocycles. The van der Waals surface area contributed by atoms with Crippen LogP contribution in [0.15, 0.2) is 42.5 Å². The third-order valence-electron chi connectivity index (χ3n) is 3.35. The molecule has 0 saturated carbocycles. The van der Waals surface area contributed by atoms with Crippen LogP contribution in [-0.2, 0) is 10.2 Å². The second kappa shape index (κ2) is 4.69. The lowest BCUT2D eigenvalue weighted by Gasteiger charge is -2.29. The second-order valence-electron chi connectivity index (χ2n) is 4.67. The van der Waals surface area contributed by atoms with Crippen LogP contribution in [-0.4, -0.2) is 13.1 Å². The normalized spacial score (nSPS) is 21.9. The van der Waals surface area contributed by atoms with Gasteiger partial charge in [0.15, 0.2) is 0 Å². The molecule has 0 spiro atoms. The van der Waals surface area contributed by atoms with Crippen LogP contribution in [0.3, 0.4) is 0 Å². The first kappa shape index (κ1) is 12.4. The average Bonchev–Trinajstić information content (AvgIpc) is 2.38. The van der Waals surface area contributed by atoms with Gasteiger partial charge in [0.25, 0.3) is 0 Å². The van der Waals surface area contributed by atoms with E-state index in [0.29, 0.717) is 11.3 Å². The molecule has 1 aliphatic rings. The molecule has 94 valence electrons. The van der Waals surface area contributed by atoms with Crippen LogP contribution in [0, 0.1) is 0 Å². The van der Waals surface area contributed by atoms with Crippen molar-refractivity contribution in [3.05, 3.63) is 53.6 Å². The van der Waals surface area contributed by atoms with Crippen LogP contribution in [0.2, 0.25) is 0 Å². The van der Waals surface area contributed by atoms with E-state index in [0.717, 1.165) is 12.0 Å². The summed E-state index contributed by atoms with van der Waals surface area (Å²) in [5.74, 6) is -0.382. The van der Waals surface area contributed by atoms with Crippen molar-refractivity contribution >= 4 is 11.7 Å². The van der Waals surface area contributed by atoms with Crippen LogP contribution in [0.1, 0.15) is 29.3 Å². The molecule has 2 N–H and O–H groups in total. The number of benzene rings is 1. The number of carbonyl (C=O) groups excluding carboxylic acids is 1. The first-order valence-corrected chi connectivity index (χ1v) is 5.90. The van der Waals surface area contributed by atoms with Gasteiger partial charge in [0.2, 0.25) is 0 Å². The summed E-state index contributed by atoms with van der Waals surface area (Å²) in [5.41, 5.74) is 7.55. The molecule has 2 rings (SSSR count). The number of carbonyl (C=O) groups is 1. The summed E-state index contributed by atoms with van der Waals surface area (Å²) in [5, 5.41) is 0. The van der Waals surface area contributed by atoms with Gasteiger partial charge in [-0.2, -0.15) is 0 Å². The maximum absolute atomic E-state index is 11.9. The van der Waals surface area contributed by atoms with E-state index in [4.69, 9.17) is 10.5 Å². The van der Waals surface area contributed by atoms with Crippen molar-refractivity contribution in [3.63, 3.8) is 0 Å². The lowest BCUT2D eigenvalue weighted by Crippen LogP contribution is -2.24. The van der Waals surface area contributed by atoms with Gasteiger partial charge in [-0.1, -0.05) is 43.4 Å². The quantitative estimate of drug-likeness (QED) is 0.642. The highest BCUT2D eigenvalue weighted by molar-refractivity contribution is 5.97. The first-order valence-electron chi connectivity index (χ1n) is 5.90. The summed E-state index contributed by atoms with van der Waals surface area (Å²) in [6.07, 6.45) is 9.02. The van der Waals surface area contributed by atoms with E-state index in [-0.39, 0.29) is 11.4 Å². The van der Waals surface area contributed by atoms with Gasteiger partial charge in [-0.25, -0.2) is 4.79 Å². The molecule has 0 aromatic heterocycles. The zero-order valence-electron chi connectivity index (χ0n) is 10.6. The second-order valence-corrected chi connectivity index (χ2v) is 4.67. The Balaban J connectivity index is 2.57. The first-order chi connectivity index (χ1) is 8.58. The Hall–Kier alpha value is -2.03. The van der Waals surface area contributed by atoms with Crippen molar-refractivity contribution in [1.82, 2.24) is 0 Å². The summed E-state index contributed by atoms with van der Waals surface area (Å²) >= 11 is 0. The Morgan fingerprint density at radius 3 is 2.78 bits per heavy atom. The maximum atomic E-state index is 11.9. The Bertz CT molecular complexity index is 531. The largest absolute Gasteiger partial charge is 0.465 e. The molecule has 1 aromatic rings. The summed E-state index contributed by atoms with van der Waals surface area (Å²) < 4.78 is 4.83. The molecule has 1 aliphatic carbocycles. The molecular weight excluding hydrogens is 226 g/mol.